The molecule has 2 heteroatoms. The zero-order valence-electron chi connectivity index (χ0n) is 17.8. The molecule has 2 atom stereocenters. The maximum Gasteiger partial charge on any atom is 0.169 e. The molecule has 0 amide bonds. The highest BCUT2D eigenvalue weighted by molar-refractivity contribution is 7.79. The Labute approximate surface area is 192 Å². The number of hydrogen-bond donors (Lipinski definition) is 0. The fourth-order valence-corrected chi connectivity index (χ4v) is 11.5. The Kier molecular flexibility index (Phi) is 3.92. The number of fused-ring (bicyclic) bond motifs is 3. The van der Waals surface area contributed by atoms with Gasteiger partial charge in [0.05, 0.1) is 0 Å². The second-order valence-corrected chi connectivity index (χ2v) is 15.0. The van der Waals surface area contributed by atoms with E-state index in [2.05, 4.69) is 112 Å². The van der Waals surface area contributed by atoms with E-state index in [-0.39, 0.29) is 0 Å². The minimum Gasteiger partial charge on any atom is -0.135 e. The van der Waals surface area contributed by atoms with E-state index in [4.69, 9.17) is 0 Å². The Bertz CT molecular complexity index is 1540. The van der Waals surface area contributed by atoms with Gasteiger partial charge >= 0.3 is 0 Å². The van der Waals surface area contributed by atoms with E-state index >= 15 is 0 Å². The summed E-state index contributed by atoms with van der Waals surface area (Å²) in [5.41, 5.74) is 9.00. The molecule has 7 rings (SSSR count). The summed E-state index contributed by atoms with van der Waals surface area (Å²) >= 11 is 0. The molecule has 0 saturated carbocycles. The minimum absolute atomic E-state index is 1.12. The van der Waals surface area contributed by atoms with Gasteiger partial charge in [-0.15, -0.1) is 8.79 Å². The molecule has 0 aliphatic heterocycles. The van der Waals surface area contributed by atoms with Gasteiger partial charge in [-0.3, -0.25) is 0 Å². The third kappa shape index (κ3) is 2.72. The van der Waals surface area contributed by atoms with Gasteiger partial charge in [-0.2, -0.15) is 0 Å². The van der Waals surface area contributed by atoms with Crippen LogP contribution in [0, 0.1) is 0 Å². The summed E-state index contributed by atoms with van der Waals surface area (Å²) < 4.78 is 0. The van der Waals surface area contributed by atoms with Crippen LogP contribution in [-0.4, -0.2) is 7.74 Å². The second-order valence-electron chi connectivity index (χ2n) is 9.15. The van der Waals surface area contributed by atoms with Gasteiger partial charge in [0.2, 0.25) is 0 Å². The Balaban J connectivity index is 1.40. The molecule has 5 aromatic carbocycles. The highest BCUT2D eigenvalue weighted by Gasteiger charge is 2.43. The average molecular weight is 443 g/mol. The zero-order chi connectivity index (χ0) is 21.3. The quantitative estimate of drug-likeness (QED) is 0.201. The van der Waals surface area contributed by atoms with Crippen molar-refractivity contribution in [1.82, 2.24) is 0 Å². The summed E-state index contributed by atoms with van der Waals surface area (Å²) in [6.07, 6.45) is 2.28. The lowest BCUT2D eigenvalue weighted by atomic mass is 10.0. The van der Waals surface area contributed by atoms with Crippen molar-refractivity contribution < 1.29 is 0 Å². The fraction of sp³-hybridized carbons (Fsp3) is 0.0667. The summed E-state index contributed by atoms with van der Waals surface area (Å²) in [5.74, 6) is 0. The first-order valence-corrected chi connectivity index (χ1v) is 15.1. The van der Waals surface area contributed by atoms with Crippen molar-refractivity contribution in [2.24, 2.45) is 0 Å². The first-order valence-electron chi connectivity index (χ1n) is 11.3. The van der Waals surface area contributed by atoms with Gasteiger partial charge in [-0.1, -0.05) is 97.1 Å². The molecule has 32 heavy (non-hydrogen) atoms. The van der Waals surface area contributed by atoms with E-state index in [1.54, 1.807) is 27.1 Å². The van der Waals surface area contributed by atoms with Crippen LogP contribution < -0.4 is 15.6 Å². The topological polar surface area (TPSA) is 0 Å². The molecule has 152 valence electrons. The number of benzene rings is 5. The van der Waals surface area contributed by atoms with Gasteiger partial charge in [0.15, 0.2) is 7.74 Å². The highest BCUT2D eigenvalue weighted by Crippen LogP contribution is 2.40. The molecular formula is C30H23PSi. The summed E-state index contributed by atoms with van der Waals surface area (Å²) in [5, 5.41) is 7.26. The lowest BCUT2D eigenvalue weighted by Gasteiger charge is -2.29. The summed E-state index contributed by atoms with van der Waals surface area (Å²) in [6.45, 7) is 0. The van der Waals surface area contributed by atoms with Crippen molar-refractivity contribution in [3.63, 3.8) is 0 Å². The molecule has 2 unspecified atom stereocenters. The van der Waals surface area contributed by atoms with Crippen LogP contribution in [0.2, 0.25) is 0 Å². The SMILES string of the molecule is P[Si](c1ccccc1)(c1cccc2c1C2)c1ccc(-c2ccc3ccccc3c2)c2c1C2. The van der Waals surface area contributed by atoms with Crippen LogP contribution in [0.1, 0.15) is 22.3 Å². The van der Waals surface area contributed by atoms with Gasteiger partial charge in [-0.05, 0) is 78.6 Å². The third-order valence-electron chi connectivity index (χ3n) is 7.31. The molecule has 0 N–H and O–H groups in total. The molecule has 0 saturated heterocycles. The maximum absolute atomic E-state index is 3.40. The molecule has 0 heterocycles. The zero-order valence-corrected chi connectivity index (χ0v) is 20.0. The van der Waals surface area contributed by atoms with Gasteiger partial charge in [0.25, 0.3) is 0 Å². The van der Waals surface area contributed by atoms with Crippen LogP contribution in [-0.2, 0) is 12.8 Å². The van der Waals surface area contributed by atoms with Crippen molar-refractivity contribution >= 4 is 42.9 Å². The summed E-state index contributed by atoms with van der Waals surface area (Å²) in [7, 11) is 1.28. The normalized spacial score (nSPS) is 15.0. The Morgan fingerprint density at radius 2 is 1.34 bits per heavy atom. The van der Waals surface area contributed by atoms with Crippen LogP contribution in [0.4, 0.5) is 0 Å². The van der Waals surface area contributed by atoms with Gasteiger partial charge in [-0.25, -0.2) is 0 Å². The van der Waals surface area contributed by atoms with Crippen LogP contribution in [0.25, 0.3) is 21.9 Å². The van der Waals surface area contributed by atoms with Crippen molar-refractivity contribution in [2.45, 2.75) is 12.8 Å². The van der Waals surface area contributed by atoms with Crippen LogP contribution >= 0.6 is 8.79 Å². The average Bonchev–Trinajstić information content (AvgIpc) is 3.77. The van der Waals surface area contributed by atoms with Crippen molar-refractivity contribution in [3.05, 3.63) is 125 Å². The van der Waals surface area contributed by atoms with Crippen LogP contribution in [0.5, 0.6) is 0 Å². The fourth-order valence-electron chi connectivity index (χ4n) is 5.47. The predicted molar refractivity (Wildman–Crippen MR) is 142 cm³/mol. The van der Waals surface area contributed by atoms with E-state index in [1.807, 2.05) is 0 Å². The minimum atomic E-state index is -2.11. The predicted octanol–water partition coefficient (Wildman–Crippen LogP) is 5.16. The standard InChI is InChI=1S/C30H23PSi/c31-32(24-10-2-1-3-11-24,29-12-6-9-22-18-26(22)29)30-16-15-25(27-19-28(27)30)23-14-13-20-7-4-5-8-21(20)17-23/h1-17H,18-19,31H2. The van der Waals surface area contributed by atoms with Crippen LogP contribution in [0.3, 0.4) is 0 Å². The van der Waals surface area contributed by atoms with Gasteiger partial charge in [0, 0.05) is 0 Å². The molecule has 0 radical (unpaired) electrons. The van der Waals surface area contributed by atoms with Crippen molar-refractivity contribution in [1.29, 1.82) is 0 Å². The third-order valence-corrected chi connectivity index (χ3v) is 14.1. The number of hydrogen-bond acceptors (Lipinski definition) is 0. The second kappa shape index (κ2) is 6.75. The first kappa shape index (κ1) is 18.6. The molecule has 0 aromatic heterocycles. The first-order chi connectivity index (χ1) is 15.7. The molecule has 5 aromatic rings. The lowest BCUT2D eigenvalue weighted by Crippen LogP contribution is -2.63. The lowest BCUT2D eigenvalue weighted by molar-refractivity contribution is 1.59. The Morgan fingerprint density at radius 1 is 0.562 bits per heavy atom. The van der Waals surface area contributed by atoms with E-state index in [1.165, 1.54) is 32.6 Å². The van der Waals surface area contributed by atoms with Crippen LogP contribution in [0.15, 0.2) is 103 Å². The highest BCUT2D eigenvalue weighted by atomic mass is 31.3. The Morgan fingerprint density at radius 3 is 2.22 bits per heavy atom. The number of rotatable bonds is 4. The molecule has 0 spiro atoms. The van der Waals surface area contributed by atoms with Crippen molar-refractivity contribution in [2.75, 3.05) is 0 Å². The van der Waals surface area contributed by atoms with E-state index in [9.17, 15) is 0 Å². The summed E-state index contributed by atoms with van der Waals surface area (Å²) in [6, 6.07) is 38.5. The molecule has 2 aliphatic rings. The smallest absolute Gasteiger partial charge is 0.135 e. The molecule has 0 bridgehead atoms. The van der Waals surface area contributed by atoms with E-state index < -0.39 is 7.74 Å². The monoisotopic (exact) mass is 442 g/mol. The van der Waals surface area contributed by atoms with E-state index in [0.29, 0.717) is 0 Å². The summed E-state index contributed by atoms with van der Waals surface area (Å²) in [4.78, 5) is 0. The largest absolute Gasteiger partial charge is 0.169 e. The van der Waals surface area contributed by atoms with E-state index in [0.717, 1.165) is 12.8 Å². The molecular weight excluding hydrogens is 419 g/mol. The molecule has 0 fully saturated rings. The molecule has 2 aliphatic carbocycles. The maximum atomic E-state index is 3.40. The Hall–Kier alpha value is -2.99. The molecule has 0 nitrogen and oxygen atoms in total. The van der Waals surface area contributed by atoms with Crippen molar-refractivity contribution in [3.8, 4) is 11.1 Å². The van der Waals surface area contributed by atoms with Gasteiger partial charge < -0.3 is 0 Å². The van der Waals surface area contributed by atoms with Gasteiger partial charge in [0.1, 0.15) is 0 Å².